The van der Waals surface area contributed by atoms with Crippen LogP contribution >= 0.6 is 0 Å². The molecule has 1 aliphatic heterocycles. The second kappa shape index (κ2) is 8.82. The molecule has 0 aromatic carbocycles. The van der Waals surface area contributed by atoms with Crippen molar-refractivity contribution in [2.24, 2.45) is 7.05 Å². The summed E-state index contributed by atoms with van der Waals surface area (Å²) in [6.07, 6.45) is 5.82. The molecular formula is C19H32N6O2. The van der Waals surface area contributed by atoms with Gasteiger partial charge in [0.25, 0.3) is 0 Å². The number of nitrogens with one attached hydrogen (secondary N) is 1. The summed E-state index contributed by atoms with van der Waals surface area (Å²) in [4.78, 5) is 27.9. The van der Waals surface area contributed by atoms with Crippen LogP contribution in [0.15, 0.2) is 0 Å². The van der Waals surface area contributed by atoms with Crippen molar-refractivity contribution in [2.75, 3.05) is 27.2 Å². The Morgan fingerprint density at radius 3 is 2.74 bits per heavy atom. The monoisotopic (exact) mass is 376 g/mol. The number of aromatic nitrogens is 3. The molecule has 0 atom stereocenters. The summed E-state index contributed by atoms with van der Waals surface area (Å²) < 4.78 is 2.08. The van der Waals surface area contributed by atoms with E-state index in [4.69, 9.17) is 0 Å². The third-order valence-corrected chi connectivity index (χ3v) is 5.58. The van der Waals surface area contributed by atoms with Gasteiger partial charge in [0.1, 0.15) is 11.6 Å². The third kappa shape index (κ3) is 5.06. The summed E-state index contributed by atoms with van der Waals surface area (Å²) >= 11 is 0. The Hall–Kier alpha value is -1.96. The van der Waals surface area contributed by atoms with E-state index in [9.17, 15) is 9.59 Å². The third-order valence-electron chi connectivity index (χ3n) is 5.58. The first-order valence-corrected chi connectivity index (χ1v) is 10.0. The van der Waals surface area contributed by atoms with Crippen molar-refractivity contribution in [1.29, 1.82) is 0 Å². The maximum atomic E-state index is 12.2. The normalized spacial score (nSPS) is 22.8. The first-order chi connectivity index (χ1) is 12.9. The molecule has 3 rings (SSSR count). The highest BCUT2D eigenvalue weighted by atomic mass is 16.2. The maximum absolute atomic E-state index is 12.2. The summed E-state index contributed by atoms with van der Waals surface area (Å²) in [5.74, 6) is 2.68. The highest BCUT2D eigenvalue weighted by Gasteiger charge is 2.34. The fraction of sp³-hybridized carbons (Fsp3) is 0.789. The van der Waals surface area contributed by atoms with Gasteiger partial charge in [-0.2, -0.15) is 0 Å². The predicted molar refractivity (Wildman–Crippen MR) is 102 cm³/mol. The van der Waals surface area contributed by atoms with Gasteiger partial charge in [-0.05, 0) is 46.2 Å². The lowest BCUT2D eigenvalue weighted by molar-refractivity contribution is -0.133. The molecule has 1 N–H and O–H groups in total. The number of piperidine rings is 1. The number of nitrogens with zero attached hydrogens (tertiary/aromatic N) is 5. The fourth-order valence-corrected chi connectivity index (χ4v) is 3.93. The molecule has 0 spiro atoms. The molecule has 8 nitrogen and oxygen atoms in total. The first-order valence-electron chi connectivity index (χ1n) is 10.0. The topological polar surface area (TPSA) is 83.4 Å². The van der Waals surface area contributed by atoms with Crippen molar-refractivity contribution in [1.82, 2.24) is 29.9 Å². The molecule has 8 heteroatoms. The van der Waals surface area contributed by atoms with E-state index in [-0.39, 0.29) is 17.9 Å². The van der Waals surface area contributed by atoms with Crippen molar-refractivity contribution in [3.63, 3.8) is 0 Å². The number of amides is 2. The van der Waals surface area contributed by atoms with Gasteiger partial charge in [0, 0.05) is 44.9 Å². The van der Waals surface area contributed by atoms with Gasteiger partial charge >= 0.3 is 0 Å². The second-order valence-corrected chi connectivity index (χ2v) is 8.15. The van der Waals surface area contributed by atoms with Gasteiger partial charge in [-0.1, -0.05) is 0 Å². The van der Waals surface area contributed by atoms with Gasteiger partial charge in [-0.3, -0.25) is 9.59 Å². The molecule has 150 valence electrons. The summed E-state index contributed by atoms with van der Waals surface area (Å²) in [6, 6.07) is 0.230. The average Bonchev–Trinajstić information content (AvgIpc) is 2.92. The van der Waals surface area contributed by atoms with E-state index in [1.165, 1.54) is 0 Å². The van der Waals surface area contributed by atoms with Crippen LogP contribution < -0.4 is 5.32 Å². The Balaban J connectivity index is 1.36. The van der Waals surface area contributed by atoms with Crippen molar-refractivity contribution in [3.05, 3.63) is 11.6 Å². The first kappa shape index (κ1) is 19.8. The Kier molecular flexibility index (Phi) is 6.46. The molecular weight excluding hydrogens is 344 g/mol. The zero-order valence-corrected chi connectivity index (χ0v) is 16.8. The minimum absolute atomic E-state index is 0.0918. The molecule has 1 aromatic rings. The van der Waals surface area contributed by atoms with Crippen molar-refractivity contribution in [2.45, 2.75) is 63.5 Å². The molecule has 1 saturated carbocycles. The minimum atomic E-state index is 0.0918. The molecule has 2 amide bonds. The summed E-state index contributed by atoms with van der Waals surface area (Å²) in [5.41, 5.74) is 0. The van der Waals surface area contributed by atoms with Gasteiger partial charge in [-0.25, -0.2) is 0 Å². The van der Waals surface area contributed by atoms with E-state index in [1.54, 1.807) is 0 Å². The molecule has 27 heavy (non-hydrogen) atoms. The van der Waals surface area contributed by atoms with E-state index < -0.39 is 0 Å². The molecule has 1 saturated heterocycles. The van der Waals surface area contributed by atoms with Gasteiger partial charge in [-0.15, -0.1) is 10.2 Å². The zero-order valence-electron chi connectivity index (χ0n) is 16.8. The Morgan fingerprint density at radius 2 is 2.04 bits per heavy atom. The summed E-state index contributed by atoms with van der Waals surface area (Å²) in [5, 5.41) is 11.8. The van der Waals surface area contributed by atoms with Gasteiger partial charge < -0.3 is 19.7 Å². The Labute approximate surface area is 161 Å². The van der Waals surface area contributed by atoms with E-state index in [1.807, 2.05) is 26.0 Å². The molecule has 2 heterocycles. The van der Waals surface area contributed by atoms with E-state index in [2.05, 4.69) is 25.0 Å². The van der Waals surface area contributed by atoms with Crippen LogP contribution in [0.5, 0.6) is 0 Å². The van der Waals surface area contributed by atoms with Crippen molar-refractivity contribution in [3.8, 4) is 0 Å². The lowest BCUT2D eigenvalue weighted by atomic mass is 9.79. The van der Waals surface area contributed by atoms with Crippen molar-refractivity contribution >= 4 is 11.8 Å². The molecule has 2 aliphatic rings. The summed E-state index contributed by atoms with van der Waals surface area (Å²) in [7, 11) is 6.05. The molecule has 2 fully saturated rings. The van der Waals surface area contributed by atoms with Gasteiger partial charge in [0.2, 0.25) is 11.8 Å². The average molecular weight is 377 g/mol. The number of hydrogen-bond donors (Lipinski definition) is 1. The Morgan fingerprint density at radius 1 is 1.26 bits per heavy atom. The summed E-state index contributed by atoms with van der Waals surface area (Å²) in [6.45, 7) is 2.32. The largest absolute Gasteiger partial charge is 0.353 e. The molecule has 0 unspecified atom stereocenters. The van der Waals surface area contributed by atoms with Crippen LogP contribution in [0, 0.1) is 0 Å². The van der Waals surface area contributed by atoms with Crippen molar-refractivity contribution < 1.29 is 9.59 Å². The standard InChI is InChI=1S/C19H32N6O2/c1-23(2)13-16-21-22-19(24(16)3)14-11-15(12-14)20-17(26)7-6-10-25-9-5-4-8-18(25)27/h14-15H,4-13H2,1-3H3,(H,20,26). The number of hydrogen-bond acceptors (Lipinski definition) is 5. The van der Waals surface area contributed by atoms with E-state index >= 15 is 0 Å². The maximum Gasteiger partial charge on any atom is 0.222 e. The highest BCUT2D eigenvalue weighted by Crippen LogP contribution is 2.36. The molecule has 0 radical (unpaired) electrons. The second-order valence-electron chi connectivity index (χ2n) is 8.15. The fourth-order valence-electron chi connectivity index (χ4n) is 3.93. The number of carbonyl (C=O) groups excluding carboxylic acids is 2. The lowest BCUT2D eigenvalue weighted by Crippen LogP contribution is -2.44. The van der Waals surface area contributed by atoms with Crippen LogP contribution in [0.3, 0.4) is 0 Å². The van der Waals surface area contributed by atoms with Crippen LogP contribution in [-0.4, -0.2) is 69.6 Å². The zero-order chi connectivity index (χ0) is 19.4. The van der Waals surface area contributed by atoms with Crippen LogP contribution in [0.4, 0.5) is 0 Å². The van der Waals surface area contributed by atoms with Gasteiger partial charge in [0.15, 0.2) is 0 Å². The quantitative estimate of drug-likeness (QED) is 0.733. The number of likely N-dealkylation sites (tertiary alicyclic amines) is 1. The smallest absolute Gasteiger partial charge is 0.222 e. The van der Waals surface area contributed by atoms with Gasteiger partial charge in [0.05, 0.1) is 6.54 Å². The molecule has 1 aliphatic carbocycles. The number of carbonyl (C=O) groups is 2. The van der Waals surface area contributed by atoms with Crippen LogP contribution in [-0.2, 0) is 23.2 Å². The predicted octanol–water partition coefficient (Wildman–Crippen LogP) is 1.03. The lowest BCUT2D eigenvalue weighted by Gasteiger charge is -2.35. The minimum Gasteiger partial charge on any atom is -0.353 e. The molecule has 0 bridgehead atoms. The molecule has 1 aromatic heterocycles. The van der Waals surface area contributed by atoms with Crippen LogP contribution in [0.1, 0.15) is 62.5 Å². The van der Waals surface area contributed by atoms with E-state index in [0.29, 0.717) is 25.3 Å². The highest BCUT2D eigenvalue weighted by molar-refractivity contribution is 5.77. The van der Waals surface area contributed by atoms with Crippen LogP contribution in [0.25, 0.3) is 0 Å². The van der Waals surface area contributed by atoms with Crippen LogP contribution in [0.2, 0.25) is 0 Å². The van der Waals surface area contributed by atoms with E-state index in [0.717, 1.165) is 56.8 Å². The SMILES string of the molecule is CN(C)Cc1nnc(C2CC(NC(=O)CCCN3CCCCC3=O)C2)n1C. The Bertz CT molecular complexity index is 665. The number of rotatable bonds is 8.